The summed E-state index contributed by atoms with van der Waals surface area (Å²) in [6, 6.07) is 7.06. The maximum absolute atomic E-state index is 13.0. The van der Waals surface area contributed by atoms with Crippen molar-refractivity contribution in [2.45, 2.75) is 55.9 Å². The minimum absolute atomic E-state index is 0.0441. The van der Waals surface area contributed by atoms with E-state index in [0.717, 1.165) is 25.2 Å². The van der Waals surface area contributed by atoms with E-state index in [1.807, 2.05) is 0 Å². The number of aromatic nitrogens is 3. The van der Waals surface area contributed by atoms with E-state index < -0.39 is 61.8 Å². The Morgan fingerprint density at radius 2 is 1.65 bits per heavy atom. The van der Waals surface area contributed by atoms with Gasteiger partial charge in [0.2, 0.25) is 5.01 Å². The Bertz CT molecular complexity index is 1880. The first-order chi connectivity index (χ1) is 22.3. The van der Waals surface area contributed by atoms with Crippen LogP contribution in [0.2, 0.25) is 0 Å². The number of nitrogens with zero attached hydrogens (tertiary/aromatic N) is 4. The van der Waals surface area contributed by atoms with Gasteiger partial charge in [-0.1, -0.05) is 21.6 Å². The van der Waals surface area contributed by atoms with E-state index in [4.69, 9.17) is 9.26 Å². The highest BCUT2D eigenvalue weighted by molar-refractivity contribution is 7.90. The summed E-state index contributed by atoms with van der Waals surface area (Å²) in [6.45, 7) is 2.98. The lowest BCUT2D eigenvalue weighted by Crippen LogP contribution is -2.40. The second kappa shape index (κ2) is 14.0. The number of anilines is 1. The predicted molar refractivity (Wildman–Crippen MR) is 156 cm³/mol. The molecule has 19 heteroatoms. The average molecular weight is 723 g/mol. The van der Waals surface area contributed by atoms with E-state index in [2.05, 4.69) is 15.4 Å². The Kier molecular flexibility index (Phi) is 10.6. The molecule has 1 saturated carbocycles. The summed E-state index contributed by atoms with van der Waals surface area (Å²) in [6.07, 6.45) is -5.75. The minimum Gasteiger partial charge on any atom is -0.459 e. The number of amides is 1. The zero-order valence-electron chi connectivity index (χ0n) is 25.1. The van der Waals surface area contributed by atoms with Gasteiger partial charge in [0.15, 0.2) is 28.0 Å². The van der Waals surface area contributed by atoms with Gasteiger partial charge in [0.1, 0.15) is 5.82 Å². The number of rotatable bonds is 9. The summed E-state index contributed by atoms with van der Waals surface area (Å²) < 4.78 is 123. The molecule has 4 aromatic rings. The molecular formula is C29H25F7N4O6S2. The van der Waals surface area contributed by atoms with Gasteiger partial charge in [-0.25, -0.2) is 12.8 Å². The van der Waals surface area contributed by atoms with Gasteiger partial charge in [0, 0.05) is 29.5 Å². The zero-order valence-corrected chi connectivity index (χ0v) is 26.7. The second-order valence-corrected chi connectivity index (χ2v) is 13.6. The van der Waals surface area contributed by atoms with Crippen molar-refractivity contribution in [3.63, 3.8) is 0 Å². The second-order valence-electron chi connectivity index (χ2n) is 10.7. The van der Waals surface area contributed by atoms with Crippen molar-refractivity contribution in [1.82, 2.24) is 15.4 Å². The van der Waals surface area contributed by atoms with Crippen molar-refractivity contribution in [2.24, 2.45) is 0 Å². The lowest BCUT2D eigenvalue weighted by molar-refractivity contribution is -0.138. The summed E-state index contributed by atoms with van der Waals surface area (Å²) >= 11 is 0.210. The maximum atomic E-state index is 13.0. The summed E-state index contributed by atoms with van der Waals surface area (Å²) in [5.41, 5.74) is -0.918. The van der Waals surface area contributed by atoms with Crippen LogP contribution in [-0.2, 0) is 27.0 Å². The lowest BCUT2D eigenvalue weighted by Gasteiger charge is -2.26. The third-order valence-electron chi connectivity index (χ3n) is 6.60. The normalized spacial score (nSPS) is 13.6. The van der Waals surface area contributed by atoms with Gasteiger partial charge in [-0.05, 0) is 69.2 Å². The topological polar surface area (TPSA) is 133 Å². The molecule has 0 unspecified atom stereocenters. The van der Waals surface area contributed by atoms with E-state index in [-0.39, 0.29) is 39.6 Å². The number of ketones is 1. The van der Waals surface area contributed by atoms with Crippen molar-refractivity contribution in [2.75, 3.05) is 17.8 Å². The highest BCUT2D eigenvalue weighted by Crippen LogP contribution is 2.42. The van der Waals surface area contributed by atoms with Crippen LogP contribution in [0.25, 0.3) is 0 Å². The van der Waals surface area contributed by atoms with Gasteiger partial charge in [-0.3, -0.25) is 9.59 Å². The molecule has 0 saturated heterocycles. The van der Waals surface area contributed by atoms with Crippen LogP contribution < -0.4 is 9.64 Å². The molecule has 48 heavy (non-hydrogen) atoms. The van der Waals surface area contributed by atoms with Gasteiger partial charge in [-0.2, -0.15) is 26.3 Å². The van der Waals surface area contributed by atoms with Crippen molar-refractivity contribution in [1.29, 1.82) is 0 Å². The number of halogens is 7. The highest BCUT2D eigenvalue weighted by Gasteiger charge is 2.37. The molecule has 2 aromatic heterocycles. The van der Waals surface area contributed by atoms with Gasteiger partial charge >= 0.3 is 12.4 Å². The quantitative estimate of drug-likeness (QED) is 0.136. The monoisotopic (exact) mass is 722 g/mol. The van der Waals surface area contributed by atoms with E-state index >= 15 is 0 Å². The van der Waals surface area contributed by atoms with Gasteiger partial charge < -0.3 is 14.2 Å². The molecular weight excluding hydrogens is 697 g/mol. The first-order valence-corrected chi connectivity index (χ1v) is 16.5. The number of benzene rings is 2. The number of ether oxygens (including phenoxy) is 1. The molecule has 0 radical (unpaired) electrons. The van der Waals surface area contributed by atoms with Crippen LogP contribution in [0, 0.1) is 5.82 Å². The molecule has 0 aliphatic heterocycles. The minimum atomic E-state index is -4.71. The zero-order chi connectivity index (χ0) is 35.6. The molecule has 2 aromatic carbocycles. The fourth-order valence-electron chi connectivity index (χ4n) is 4.30. The van der Waals surface area contributed by atoms with Crippen LogP contribution in [0.3, 0.4) is 0 Å². The highest BCUT2D eigenvalue weighted by atomic mass is 32.2. The van der Waals surface area contributed by atoms with E-state index in [1.165, 1.54) is 35.4 Å². The van der Waals surface area contributed by atoms with E-state index in [0.29, 0.717) is 23.6 Å². The summed E-state index contributed by atoms with van der Waals surface area (Å²) in [5, 5.41) is 8.27. The molecule has 10 nitrogen and oxygen atoms in total. The number of carbonyl (C=O) groups is 2. The summed E-state index contributed by atoms with van der Waals surface area (Å²) in [7, 11) is -4.04. The summed E-state index contributed by atoms with van der Waals surface area (Å²) in [4.78, 5) is 25.6. The largest absolute Gasteiger partial charge is 0.459 e. The molecule has 5 rings (SSSR count). The Labute approximate surface area is 272 Å². The summed E-state index contributed by atoms with van der Waals surface area (Å²) in [5.74, 6) is -1.27. The first kappa shape index (κ1) is 36.4. The Balaban J connectivity index is 0.000000217. The smallest absolute Gasteiger partial charge is 0.445 e. The average Bonchev–Trinajstić information content (AvgIpc) is 3.50. The standard InChI is InChI=1S/C15H12F3NO4S.C14H13F4N3O2S/c1-24(21,22)12-6-9(15(16,17)18)4-5-10(12)13(20)11-7-19-23-14(11)8-2-3-8;1-8(2)21(10-5-3-9(15)4-6-10)11(22)7-23-13-20-19-12(24-13)14(16,17)18/h4-8H,2-3H2,1H3;3-6,8H,7H2,1-2H3. The van der Waals surface area contributed by atoms with Crippen molar-refractivity contribution < 1.29 is 58.0 Å². The van der Waals surface area contributed by atoms with E-state index in [9.17, 15) is 48.7 Å². The molecule has 1 aliphatic rings. The third kappa shape index (κ3) is 8.94. The number of hydrogen-bond acceptors (Lipinski definition) is 10. The van der Waals surface area contributed by atoms with Crippen LogP contribution in [-0.4, -0.2) is 54.4 Å². The molecule has 1 fully saturated rings. The Morgan fingerprint density at radius 1 is 1.00 bits per heavy atom. The van der Waals surface area contributed by atoms with Crippen LogP contribution in [0.4, 0.5) is 36.4 Å². The van der Waals surface area contributed by atoms with Crippen LogP contribution >= 0.6 is 11.3 Å². The number of alkyl halides is 6. The van der Waals surface area contributed by atoms with Crippen molar-refractivity contribution >= 4 is 38.6 Å². The fourth-order valence-corrected chi connectivity index (χ4v) is 5.77. The molecule has 258 valence electrons. The SMILES string of the molecule is CC(C)N(C(=O)COc1nnc(C(F)(F)F)s1)c1ccc(F)cc1.CS(=O)(=O)c1cc(C(F)(F)F)ccc1C(=O)c1cnoc1C1CC1. The Hall–Kier alpha value is -4.39. The van der Waals surface area contributed by atoms with Crippen LogP contribution in [0.1, 0.15) is 64.9 Å². The van der Waals surface area contributed by atoms with Gasteiger partial charge in [0.05, 0.1) is 22.2 Å². The number of carbonyl (C=O) groups excluding carboxylic acids is 2. The van der Waals surface area contributed by atoms with Crippen LogP contribution in [0.5, 0.6) is 5.19 Å². The van der Waals surface area contributed by atoms with E-state index in [1.54, 1.807) is 13.8 Å². The lowest BCUT2D eigenvalue weighted by atomic mass is 10.0. The number of sulfone groups is 1. The molecule has 1 amide bonds. The molecule has 0 spiro atoms. The molecule has 0 N–H and O–H groups in total. The molecule has 1 aliphatic carbocycles. The first-order valence-electron chi connectivity index (χ1n) is 13.8. The molecule has 0 bridgehead atoms. The molecule has 2 heterocycles. The van der Waals surface area contributed by atoms with Crippen LogP contribution in [0.15, 0.2) is 58.1 Å². The Morgan fingerprint density at radius 3 is 2.17 bits per heavy atom. The third-order valence-corrected chi connectivity index (χ3v) is 8.62. The molecule has 0 atom stereocenters. The van der Waals surface area contributed by atoms with Crippen molar-refractivity contribution in [3.8, 4) is 5.19 Å². The van der Waals surface area contributed by atoms with Gasteiger partial charge in [0.25, 0.3) is 11.1 Å². The fraction of sp³-hybridized carbons (Fsp3) is 0.345. The maximum Gasteiger partial charge on any atom is 0.445 e. The van der Waals surface area contributed by atoms with Gasteiger partial charge in [-0.15, -0.1) is 5.10 Å². The van der Waals surface area contributed by atoms with Crippen molar-refractivity contribution in [3.05, 3.63) is 81.9 Å². The number of hydrogen-bond donors (Lipinski definition) is 0. The predicted octanol–water partition coefficient (Wildman–Crippen LogP) is 6.72.